The number of aromatic nitrogens is 2. The van der Waals surface area contributed by atoms with Crippen LogP contribution in [0.1, 0.15) is 47.9 Å². The molecule has 0 radical (unpaired) electrons. The number of rotatable bonds is 6. The van der Waals surface area contributed by atoms with Gasteiger partial charge in [0, 0.05) is 6.07 Å². The van der Waals surface area contributed by atoms with E-state index in [4.69, 9.17) is 4.74 Å². The van der Waals surface area contributed by atoms with Gasteiger partial charge in [-0.2, -0.15) is 18.2 Å². The molecule has 1 aromatic heterocycles. The standard InChI is InChI=1S/C17H18F3N3O3/c1-3-8-26-16-22-13(9-14(24)23-16)15(25)21-10(2)11-4-6-12(7-5-11)17(18,19)20/h4-7,9-10H,3,8H2,1-2H3,(H,21,25)(H,22,23,24)/t10-/m1/s1. The van der Waals surface area contributed by atoms with E-state index in [1.807, 2.05) is 6.92 Å². The number of ether oxygens (including phenoxy) is 1. The predicted molar refractivity (Wildman–Crippen MR) is 88.0 cm³/mol. The van der Waals surface area contributed by atoms with Gasteiger partial charge in [0.2, 0.25) is 0 Å². The van der Waals surface area contributed by atoms with Gasteiger partial charge in [0.25, 0.3) is 17.5 Å². The van der Waals surface area contributed by atoms with E-state index in [1.165, 1.54) is 12.1 Å². The maximum atomic E-state index is 12.6. The number of nitrogens with zero attached hydrogens (tertiary/aromatic N) is 1. The molecule has 140 valence electrons. The predicted octanol–water partition coefficient (Wildman–Crippen LogP) is 3.07. The maximum Gasteiger partial charge on any atom is 0.416 e. The Morgan fingerprint density at radius 2 is 1.96 bits per heavy atom. The fourth-order valence-electron chi connectivity index (χ4n) is 2.13. The molecule has 2 N–H and O–H groups in total. The minimum absolute atomic E-state index is 0.0633. The van der Waals surface area contributed by atoms with Gasteiger partial charge in [-0.05, 0) is 31.0 Å². The highest BCUT2D eigenvalue weighted by molar-refractivity contribution is 5.92. The molecule has 26 heavy (non-hydrogen) atoms. The zero-order valence-electron chi connectivity index (χ0n) is 14.2. The molecule has 0 spiro atoms. The Bertz CT molecular complexity index is 816. The van der Waals surface area contributed by atoms with Crippen LogP contribution in [0.4, 0.5) is 13.2 Å². The summed E-state index contributed by atoms with van der Waals surface area (Å²) in [5.41, 5.74) is -0.968. The van der Waals surface area contributed by atoms with Gasteiger partial charge >= 0.3 is 6.18 Å². The molecule has 9 heteroatoms. The number of hydrogen-bond donors (Lipinski definition) is 2. The number of aromatic amines is 1. The molecular formula is C17H18F3N3O3. The molecule has 1 amide bonds. The molecule has 1 aromatic carbocycles. The van der Waals surface area contributed by atoms with Crippen LogP contribution in [0.3, 0.4) is 0 Å². The third kappa shape index (κ3) is 5.08. The van der Waals surface area contributed by atoms with Crippen molar-refractivity contribution in [3.63, 3.8) is 0 Å². The van der Waals surface area contributed by atoms with Crippen LogP contribution in [0.25, 0.3) is 0 Å². The van der Waals surface area contributed by atoms with Crippen LogP contribution in [0.15, 0.2) is 35.1 Å². The van der Waals surface area contributed by atoms with Crippen molar-refractivity contribution >= 4 is 5.91 Å². The van der Waals surface area contributed by atoms with Gasteiger partial charge in [-0.1, -0.05) is 19.1 Å². The highest BCUT2D eigenvalue weighted by Gasteiger charge is 2.30. The van der Waals surface area contributed by atoms with Crippen LogP contribution in [0, 0.1) is 0 Å². The monoisotopic (exact) mass is 369 g/mol. The molecule has 0 fully saturated rings. The van der Waals surface area contributed by atoms with Gasteiger partial charge < -0.3 is 10.1 Å². The number of carbonyl (C=O) groups excluding carboxylic acids is 1. The quantitative estimate of drug-likeness (QED) is 0.820. The summed E-state index contributed by atoms with van der Waals surface area (Å²) in [7, 11) is 0. The van der Waals surface area contributed by atoms with Crippen LogP contribution >= 0.6 is 0 Å². The Balaban J connectivity index is 2.11. The Labute approximate surface area is 147 Å². The summed E-state index contributed by atoms with van der Waals surface area (Å²) in [4.78, 5) is 30.2. The molecule has 0 aliphatic heterocycles. The lowest BCUT2D eigenvalue weighted by Crippen LogP contribution is -2.29. The van der Waals surface area contributed by atoms with Gasteiger partial charge in [0.15, 0.2) is 0 Å². The van der Waals surface area contributed by atoms with E-state index in [9.17, 15) is 22.8 Å². The Morgan fingerprint density at radius 3 is 2.54 bits per heavy atom. The smallest absolute Gasteiger partial charge is 0.416 e. The average Bonchev–Trinajstić information content (AvgIpc) is 2.58. The van der Waals surface area contributed by atoms with Crippen LogP contribution in [-0.4, -0.2) is 22.5 Å². The summed E-state index contributed by atoms with van der Waals surface area (Å²) in [5.74, 6) is -0.634. The minimum Gasteiger partial charge on any atom is -0.465 e. The van der Waals surface area contributed by atoms with Crippen molar-refractivity contribution in [1.29, 1.82) is 0 Å². The van der Waals surface area contributed by atoms with Crippen molar-refractivity contribution in [3.8, 4) is 6.01 Å². The van der Waals surface area contributed by atoms with Crippen molar-refractivity contribution in [1.82, 2.24) is 15.3 Å². The number of hydrogen-bond acceptors (Lipinski definition) is 4. The van der Waals surface area contributed by atoms with Crippen molar-refractivity contribution in [2.24, 2.45) is 0 Å². The molecule has 1 atom stereocenters. The number of amides is 1. The van der Waals surface area contributed by atoms with Crippen LogP contribution in [-0.2, 0) is 6.18 Å². The number of carbonyl (C=O) groups is 1. The maximum absolute atomic E-state index is 12.6. The van der Waals surface area contributed by atoms with E-state index in [1.54, 1.807) is 6.92 Å². The van der Waals surface area contributed by atoms with Gasteiger partial charge in [-0.25, -0.2) is 0 Å². The van der Waals surface area contributed by atoms with Crippen molar-refractivity contribution in [2.75, 3.05) is 6.61 Å². The van der Waals surface area contributed by atoms with Crippen LogP contribution < -0.4 is 15.6 Å². The Morgan fingerprint density at radius 1 is 1.31 bits per heavy atom. The van der Waals surface area contributed by atoms with Crippen molar-refractivity contribution in [2.45, 2.75) is 32.5 Å². The van der Waals surface area contributed by atoms with E-state index < -0.39 is 29.2 Å². The summed E-state index contributed by atoms with van der Waals surface area (Å²) in [6.07, 6.45) is -3.72. The highest BCUT2D eigenvalue weighted by Crippen LogP contribution is 2.29. The average molecular weight is 369 g/mol. The summed E-state index contributed by atoms with van der Waals surface area (Å²) in [5, 5.41) is 2.59. The summed E-state index contributed by atoms with van der Waals surface area (Å²) < 4.78 is 43.0. The summed E-state index contributed by atoms with van der Waals surface area (Å²) in [6.45, 7) is 3.82. The van der Waals surface area contributed by atoms with Crippen molar-refractivity contribution in [3.05, 3.63) is 57.5 Å². The molecule has 0 saturated carbocycles. The Kier molecular flexibility index (Phi) is 6.01. The molecule has 0 saturated heterocycles. The number of nitrogens with one attached hydrogen (secondary N) is 2. The topological polar surface area (TPSA) is 84.1 Å². The number of halogens is 3. The molecule has 0 aliphatic rings. The van der Waals surface area contributed by atoms with E-state index in [0.29, 0.717) is 18.6 Å². The van der Waals surface area contributed by atoms with E-state index in [0.717, 1.165) is 18.2 Å². The summed E-state index contributed by atoms with van der Waals surface area (Å²) >= 11 is 0. The minimum atomic E-state index is -4.42. The molecule has 2 aromatic rings. The second-order valence-corrected chi connectivity index (χ2v) is 5.60. The van der Waals surface area contributed by atoms with Gasteiger partial charge in [0.05, 0.1) is 18.2 Å². The lowest BCUT2D eigenvalue weighted by atomic mass is 10.1. The first-order chi connectivity index (χ1) is 12.2. The SMILES string of the molecule is CCCOc1nc(C(=O)N[C@H](C)c2ccc(C(F)(F)F)cc2)cc(=O)[nH]1. The lowest BCUT2D eigenvalue weighted by molar-refractivity contribution is -0.137. The third-order valence-corrected chi connectivity index (χ3v) is 3.48. The second kappa shape index (κ2) is 8.03. The fourth-order valence-corrected chi connectivity index (χ4v) is 2.13. The molecule has 6 nitrogen and oxygen atoms in total. The molecule has 2 rings (SSSR count). The van der Waals surface area contributed by atoms with Gasteiger partial charge in [-0.15, -0.1) is 0 Å². The largest absolute Gasteiger partial charge is 0.465 e. The molecule has 0 aliphatic carbocycles. The number of alkyl halides is 3. The normalized spacial score (nSPS) is 12.5. The molecule has 0 bridgehead atoms. The first-order valence-electron chi connectivity index (χ1n) is 7.93. The van der Waals surface area contributed by atoms with E-state index in [-0.39, 0.29) is 11.7 Å². The number of benzene rings is 1. The van der Waals surface area contributed by atoms with Gasteiger partial charge in [-0.3, -0.25) is 14.6 Å². The zero-order chi connectivity index (χ0) is 19.3. The van der Waals surface area contributed by atoms with E-state index >= 15 is 0 Å². The first kappa shape index (κ1) is 19.5. The van der Waals surface area contributed by atoms with Crippen LogP contribution in [0.5, 0.6) is 6.01 Å². The van der Waals surface area contributed by atoms with Gasteiger partial charge in [0.1, 0.15) is 5.69 Å². The summed E-state index contributed by atoms with van der Waals surface area (Å²) in [6, 6.07) is 4.84. The lowest BCUT2D eigenvalue weighted by Gasteiger charge is -2.15. The van der Waals surface area contributed by atoms with E-state index in [2.05, 4.69) is 15.3 Å². The fraction of sp³-hybridized carbons (Fsp3) is 0.353. The van der Waals surface area contributed by atoms with Crippen LogP contribution in [0.2, 0.25) is 0 Å². The third-order valence-electron chi connectivity index (χ3n) is 3.48. The second-order valence-electron chi connectivity index (χ2n) is 5.60. The molecular weight excluding hydrogens is 351 g/mol. The highest BCUT2D eigenvalue weighted by atomic mass is 19.4. The molecule has 1 heterocycles. The Hall–Kier alpha value is -2.84. The molecule has 0 unspecified atom stereocenters. The first-order valence-corrected chi connectivity index (χ1v) is 7.93. The number of H-pyrrole nitrogens is 1. The zero-order valence-corrected chi connectivity index (χ0v) is 14.2. The van der Waals surface area contributed by atoms with Crippen molar-refractivity contribution < 1.29 is 22.7 Å².